The molecule has 1 aromatic heterocycles. The number of aryl methyl sites for hydroxylation is 1. The van der Waals surface area contributed by atoms with Crippen LogP contribution in [0.25, 0.3) is 0 Å². The monoisotopic (exact) mass is 288 g/mol. The van der Waals surface area contributed by atoms with Crippen molar-refractivity contribution in [2.24, 2.45) is 0 Å². The third kappa shape index (κ3) is 4.07. The normalized spacial score (nSPS) is 10.6. The van der Waals surface area contributed by atoms with Crippen LogP contribution in [-0.4, -0.2) is 5.78 Å². The van der Waals surface area contributed by atoms with Crippen LogP contribution in [0.4, 0.5) is 0 Å². The van der Waals surface area contributed by atoms with E-state index in [1.807, 2.05) is 13.0 Å². The van der Waals surface area contributed by atoms with Crippen LogP contribution < -0.4 is 0 Å². The number of thiophene rings is 1. The molecule has 0 aliphatic carbocycles. The number of ketones is 1. The number of unbranched alkanes of at least 4 members (excludes halogenated alkanes) is 3. The lowest BCUT2D eigenvalue weighted by atomic mass is 10.1. The molecule has 3 heteroatoms. The number of hydrogen-bond donors (Lipinski definition) is 0. The second kappa shape index (κ2) is 6.44. The van der Waals surface area contributed by atoms with E-state index >= 15 is 0 Å². The van der Waals surface area contributed by atoms with Crippen LogP contribution in [-0.2, 0) is 0 Å². The molecule has 1 heterocycles. The van der Waals surface area contributed by atoms with Crippen molar-refractivity contribution in [3.05, 3.63) is 20.3 Å². The Hall–Kier alpha value is -0.150. The van der Waals surface area contributed by atoms with Crippen LogP contribution in [0, 0.1) is 6.92 Å². The van der Waals surface area contributed by atoms with Gasteiger partial charge in [-0.1, -0.05) is 26.2 Å². The molecule has 1 aromatic rings. The summed E-state index contributed by atoms with van der Waals surface area (Å²) < 4.78 is 1.06. The van der Waals surface area contributed by atoms with E-state index in [1.54, 1.807) is 11.3 Å². The smallest absolute Gasteiger partial charge is 0.172 e. The van der Waals surface area contributed by atoms with Crippen LogP contribution in [0.1, 0.15) is 53.6 Å². The summed E-state index contributed by atoms with van der Waals surface area (Å²) in [5.74, 6) is 0.296. The van der Waals surface area contributed by atoms with E-state index in [2.05, 4.69) is 22.9 Å². The van der Waals surface area contributed by atoms with Crippen LogP contribution in [0.5, 0.6) is 0 Å². The molecule has 1 nitrogen and oxygen atoms in total. The minimum atomic E-state index is 0.296. The highest BCUT2D eigenvalue weighted by atomic mass is 79.9. The van der Waals surface area contributed by atoms with Gasteiger partial charge in [-0.05, 0) is 35.3 Å². The molecule has 15 heavy (non-hydrogen) atoms. The molecule has 0 unspecified atom stereocenters. The first kappa shape index (κ1) is 12.9. The van der Waals surface area contributed by atoms with Crippen LogP contribution >= 0.6 is 27.3 Å². The third-order valence-electron chi connectivity index (χ3n) is 2.39. The molecule has 0 bridgehead atoms. The maximum atomic E-state index is 11.8. The summed E-state index contributed by atoms with van der Waals surface area (Å²) in [6, 6.07) is 1.95. The van der Waals surface area contributed by atoms with Gasteiger partial charge in [0.05, 0.1) is 4.88 Å². The molecule has 0 fully saturated rings. The van der Waals surface area contributed by atoms with Crippen LogP contribution in [0.3, 0.4) is 0 Å². The fourth-order valence-corrected chi connectivity index (χ4v) is 2.94. The van der Waals surface area contributed by atoms with Gasteiger partial charge in [0.2, 0.25) is 0 Å². The number of carbonyl (C=O) groups excluding carboxylic acids is 1. The quantitative estimate of drug-likeness (QED) is 0.533. The number of hydrogen-bond acceptors (Lipinski definition) is 2. The van der Waals surface area contributed by atoms with Crippen molar-refractivity contribution in [1.29, 1.82) is 0 Å². The Morgan fingerprint density at radius 1 is 1.40 bits per heavy atom. The van der Waals surface area contributed by atoms with Gasteiger partial charge in [-0.2, -0.15) is 0 Å². The Balaban J connectivity index is 2.40. The van der Waals surface area contributed by atoms with Gasteiger partial charge in [0.15, 0.2) is 5.78 Å². The van der Waals surface area contributed by atoms with Crippen molar-refractivity contribution in [3.8, 4) is 0 Å². The third-order valence-corrected chi connectivity index (χ3v) is 4.57. The number of Topliss-reactive ketones (excluding diaryl/α,β-unsaturated/α-hetero) is 1. The maximum absolute atomic E-state index is 11.8. The molecule has 0 N–H and O–H groups in total. The van der Waals surface area contributed by atoms with E-state index in [0.717, 1.165) is 15.8 Å². The summed E-state index contributed by atoms with van der Waals surface area (Å²) >= 11 is 5.03. The van der Waals surface area contributed by atoms with Gasteiger partial charge in [0.1, 0.15) is 0 Å². The number of halogens is 1. The van der Waals surface area contributed by atoms with Crippen molar-refractivity contribution in [3.63, 3.8) is 0 Å². The first-order valence-electron chi connectivity index (χ1n) is 5.44. The zero-order valence-electron chi connectivity index (χ0n) is 9.31. The lowest BCUT2D eigenvalue weighted by Crippen LogP contribution is -1.95. The molecule has 84 valence electrons. The first-order chi connectivity index (χ1) is 7.15. The summed E-state index contributed by atoms with van der Waals surface area (Å²) in [4.78, 5) is 13.8. The van der Waals surface area contributed by atoms with Crippen molar-refractivity contribution >= 4 is 33.0 Å². The van der Waals surface area contributed by atoms with E-state index in [9.17, 15) is 4.79 Å². The Kier molecular flexibility index (Phi) is 5.54. The summed E-state index contributed by atoms with van der Waals surface area (Å²) in [5.41, 5.74) is 0. The summed E-state index contributed by atoms with van der Waals surface area (Å²) in [6.45, 7) is 4.21. The van der Waals surface area contributed by atoms with E-state index in [4.69, 9.17) is 0 Å². The molecule has 0 saturated carbocycles. The van der Waals surface area contributed by atoms with E-state index < -0.39 is 0 Å². The molecule has 0 aliphatic heterocycles. The average molecular weight is 289 g/mol. The zero-order chi connectivity index (χ0) is 11.3. The number of carbonyl (C=O) groups is 1. The van der Waals surface area contributed by atoms with Crippen molar-refractivity contribution in [2.45, 2.75) is 46.0 Å². The lowest BCUT2D eigenvalue weighted by Gasteiger charge is -1.97. The Morgan fingerprint density at radius 3 is 2.67 bits per heavy atom. The highest BCUT2D eigenvalue weighted by molar-refractivity contribution is 9.10. The minimum Gasteiger partial charge on any atom is -0.293 e. The second-order valence-electron chi connectivity index (χ2n) is 3.75. The van der Waals surface area contributed by atoms with Gasteiger partial charge in [0.25, 0.3) is 0 Å². The molecule has 0 atom stereocenters. The molecule has 0 saturated heterocycles. The molecule has 0 amide bonds. The van der Waals surface area contributed by atoms with Gasteiger partial charge in [-0.15, -0.1) is 11.3 Å². The van der Waals surface area contributed by atoms with Crippen molar-refractivity contribution < 1.29 is 4.79 Å². The van der Waals surface area contributed by atoms with Gasteiger partial charge < -0.3 is 0 Å². The lowest BCUT2D eigenvalue weighted by molar-refractivity contribution is 0.0983. The Morgan fingerprint density at radius 2 is 2.13 bits per heavy atom. The predicted octanol–water partition coefficient (Wildman–Crippen LogP) is 4.97. The maximum Gasteiger partial charge on any atom is 0.172 e. The predicted molar refractivity (Wildman–Crippen MR) is 69.8 cm³/mol. The second-order valence-corrected chi connectivity index (χ2v) is 5.86. The Bertz CT molecular complexity index is 311. The largest absolute Gasteiger partial charge is 0.293 e. The van der Waals surface area contributed by atoms with E-state index in [0.29, 0.717) is 12.2 Å². The van der Waals surface area contributed by atoms with Gasteiger partial charge in [-0.25, -0.2) is 0 Å². The first-order valence-corrected chi connectivity index (χ1v) is 7.05. The number of rotatable bonds is 6. The Labute approximate surface area is 104 Å². The molecule has 0 aliphatic rings. The van der Waals surface area contributed by atoms with E-state index in [-0.39, 0.29) is 0 Å². The van der Waals surface area contributed by atoms with Crippen LogP contribution in [0.2, 0.25) is 0 Å². The average Bonchev–Trinajstić information content (AvgIpc) is 2.54. The molecular formula is C12H17BrOS. The van der Waals surface area contributed by atoms with Crippen molar-refractivity contribution in [1.82, 2.24) is 0 Å². The standard InChI is InChI=1S/C12H17BrOS/c1-3-4-5-6-7-11(14)12-8-10(13)9(2)15-12/h8H,3-7H2,1-2H3. The van der Waals surface area contributed by atoms with Gasteiger partial charge in [0, 0.05) is 15.8 Å². The zero-order valence-corrected chi connectivity index (χ0v) is 11.7. The molecule has 0 radical (unpaired) electrons. The molecular weight excluding hydrogens is 272 g/mol. The molecule has 0 aromatic carbocycles. The highest BCUT2D eigenvalue weighted by Gasteiger charge is 2.10. The van der Waals surface area contributed by atoms with Gasteiger partial charge >= 0.3 is 0 Å². The highest BCUT2D eigenvalue weighted by Crippen LogP contribution is 2.27. The minimum absolute atomic E-state index is 0.296. The summed E-state index contributed by atoms with van der Waals surface area (Å²) in [7, 11) is 0. The van der Waals surface area contributed by atoms with Crippen LogP contribution in [0.15, 0.2) is 10.5 Å². The van der Waals surface area contributed by atoms with E-state index in [1.165, 1.54) is 24.1 Å². The fourth-order valence-electron chi connectivity index (χ4n) is 1.43. The summed E-state index contributed by atoms with van der Waals surface area (Å²) in [5, 5.41) is 0. The molecule has 0 spiro atoms. The molecule has 1 rings (SSSR count). The SMILES string of the molecule is CCCCCCC(=O)c1cc(Br)c(C)s1. The fraction of sp³-hybridized carbons (Fsp3) is 0.583. The van der Waals surface area contributed by atoms with Crippen molar-refractivity contribution in [2.75, 3.05) is 0 Å². The topological polar surface area (TPSA) is 17.1 Å². The summed E-state index contributed by atoms with van der Waals surface area (Å²) in [6.07, 6.45) is 5.36. The van der Waals surface area contributed by atoms with Gasteiger partial charge in [-0.3, -0.25) is 4.79 Å².